The van der Waals surface area contributed by atoms with Crippen molar-refractivity contribution in [1.82, 2.24) is 10.2 Å². The van der Waals surface area contributed by atoms with Crippen LogP contribution in [0.2, 0.25) is 0 Å². The highest BCUT2D eigenvalue weighted by molar-refractivity contribution is 5.21. The number of piperazine rings is 1. The first kappa shape index (κ1) is 12.6. The third-order valence-corrected chi connectivity index (χ3v) is 3.52. The first-order valence-corrected chi connectivity index (χ1v) is 6.39. The van der Waals surface area contributed by atoms with Gasteiger partial charge in [-0.15, -0.1) is 0 Å². The van der Waals surface area contributed by atoms with Gasteiger partial charge < -0.3 is 15.3 Å². The van der Waals surface area contributed by atoms with Crippen LogP contribution in [0.25, 0.3) is 0 Å². The van der Waals surface area contributed by atoms with E-state index in [1.54, 1.807) is 0 Å². The fourth-order valence-electron chi connectivity index (χ4n) is 2.25. The highest BCUT2D eigenvalue weighted by atomic mass is 16.3. The van der Waals surface area contributed by atoms with Crippen molar-refractivity contribution in [2.45, 2.75) is 18.9 Å². The van der Waals surface area contributed by atoms with Gasteiger partial charge in [0.15, 0.2) is 0 Å². The molecule has 0 bridgehead atoms. The summed E-state index contributed by atoms with van der Waals surface area (Å²) in [5.41, 5.74) is 0.293. The average molecular weight is 234 g/mol. The molecule has 1 aliphatic heterocycles. The molecule has 0 aliphatic carbocycles. The van der Waals surface area contributed by atoms with E-state index in [2.05, 4.69) is 10.2 Å². The van der Waals surface area contributed by atoms with Gasteiger partial charge in [-0.05, 0) is 18.9 Å². The van der Waals surface area contributed by atoms with Gasteiger partial charge >= 0.3 is 0 Å². The summed E-state index contributed by atoms with van der Waals surface area (Å²) >= 11 is 0. The quantitative estimate of drug-likeness (QED) is 0.821. The van der Waals surface area contributed by atoms with Crippen LogP contribution in [0.15, 0.2) is 30.3 Å². The lowest BCUT2D eigenvalue weighted by Crippen LogP contribution is -2.45. The van der Waals surface area contributed by atoms with Gasteiger partial charge in [-0.1, -0.05) is 30.3 Å². The van der Waals surface area contributed by atoms with E-state index in [1.165, 1.54) is 0 Å². The Morgan fingerprint density at radius 2 is 1.88 bits per heavy atom. The number of hydrogen-bond acceptors (Lipinski definition) is 3. The highest BCUT2D eigenvalue weighted by Gasteiger charge is 2.23. The zero-order valence-corrected chi connectivity index (χ0v) is 10.5. The Kier molecular flexibility index (Phi) is 4.15. The lowest BCUT2D eigenvalue weighted by molar-refractivity contribution is 0.0345. The van der Waals surface area contributed by atoms with Crippen LogP contribution in [0.1, 0.15) is 18.9 Å². The number of hydrogen-bond donors (Lipinski definition) is 2. The van der Waals surface area contributed by atoms with Crippen LogP contribution in [0, 0.1) is 0 Å². The van der Waals surface area contributed by atoms with E-state index in [4.69, 9.17) is 0 Å². The van der Waals surface area contributed by atoms with Crippen LogP contribution in [-0.4, -0.2) is 42.7 Å². The Morgan fingerprint density at radius 3 is 2.53 bits per heavy atom. The van der Waals surface area contributed by atoms with Gasteiger partial charge in [0.25, 0.3) is 0 Å². The molecule has 3 heteroatoms. The third kappa shape index (κ3) is 3.53. The predicted octanol–water partition coefficient (Wildman–Crippen LogP) is 1.19. The molecule has 1 unspecified atom stereocenters. The maximum absolute atomic E-state index is 10.5. The van der Waals surface area contributed by atoms with Crippen LogP contribution in [0.4, 0.5) is 0 Å². The minimum atomic E-state index is -0.716. The zero-order valence-electron chi connectivity index (χ0n) is 10.5. The molecule has 3 nitrogen and oxygen atoms in total. The molecule has 1 aromatic carbocycles. The van der Waals surface area contributed by atoms with E-state index in [-0.39, 0.29) is 0 Å². The highest BCUT2D eigenvalue weighted by Crippen LogP contribution is 2.24. The minimum absolute atomic E-state index is 0.716. The third-order valence-electron chi connectivity index (χ3n) is 3.52. The Labute approximate surface area is 103 Å². The first-order chi connectivity index (χ1) is 8.18. The van der Waals surface area contributed by atoms with Gasteiger partial charge in [0.2, 0.25) is 0 Å². The second-order valence-corrected chi connectivity index (χ2v) is 4.98. The zero-order chi connectivity index (χ0) is 12.1. The van der Waals surface area contributed by atoms with Crippen LogP contribution in [0.5, 0.6) is 0 Å². The molecular formula is C14H22N2O. The topological polar surface area (TPSA) is 35.5 Å². The van der Waals surface area contributed by atoms with Gasteiger partial charge in [-0.25, -0.2) is 0 Å². The van der Waals surface area contributed by atoms with Crippen molar-refractivity contribution in [2.24, 2.45) is 0 Å². The molecule has 1 fully saturated rings. The number of nitrogens with one attached hydrogen (secondary N) is 1. The SMILES string of the molecule is CC(O)(CCN1CCNCC1)c1ccccc1. The fourth-order valence-corrected chi connectivity index (χ4v) is 2.25. The van der Waals surface area contributed by atoms with Crippen molar-refractivity contribution in [3.05, 3.63) is 35.9 Å². The summed E-state index contributed by atoms with van der Waals surface area (Å²) in [6, 6.07) is 9.94. The molecule has 0 aromatic heterocycles. The average Bonchev–Trinajstić information content (AvgIpc) is 2.39. The number of benzene rings is 1. The van der Waals surface area contributed by atoms with Gasteiger partial charge in [-0.2, -0.15) is 0 Å². The summed E-state index contributed by atoms with van der Waals surface area (Å²) in [6.07, 6.45) is 0.789. The Bertz CT molecular complexity index is 331. The van der Waals surface area contributed by atoms with Crippen molar-refractivity contribution in [3.8, 4) is 0 Å². The first-order valence-electron chi connectivity index (χ1n) is 6.39. The molecule has 94 valence electrons. The summed E-state index contributed by atoms with van der Waals surface area (Å²) in [4.78, 5) is 2.41. The lowest BCUT2D eigenvalue weighted by Gasteiger charge is -2.31. The van der Waals surface area contributed by atoms with Crippen LogP contribution < -0.4 is 5.32 Å². The second-order valence-electron chi connectivity index (χ2n) is 4.98. The molecule has 2 rings (SSSR count). The standard InChI is InChI=1S/C14H22N2O/c1-14(17,13-5-3-2-4-6-13)7-10-16-11-8-15-9-12-16/h2-6,15,17H,7-12H2,1H3. The molecule has 1 saturated heterocycles. The van der Waals surface area contributed by atoms with Crippen molar-refractivity contribution >= 4 is 0 Å². The monoisotopic (exact) mass is 234 g/mol. The van der Waals surface area contributed by atoms with Gasteiger partial charge in [-0.3, -0.25) is 0 Å². The van der Waals surface area contributed by atoms with Crippen LogP contribution >= 0.6 is 0 Å². The molecule has 1 atom stereocenters. The summed E-state index contributed by atoms with van der Waals surface area (Å²) < 4.78 is 0. The maximum atomic E-state index is 10.5. The molecule has 1 heterocycles. The van der Waals surface area contributed by atoms with Crippen molar-refractivity contribution in [1.29, 1.82) is 0 Å². The molecule has 1 aromatic rings. The molecule has 2 N–H and O–H groups in total. The summed E-state index contributed by atoms with van der Waals surface area (Å²) in [5, 5.41) is 13.8. The summed E-state index contributed by atoms with van der Waals surface area (Å²) in [6.45, 7) is 7.17. The van der Waals surface area contributed by atoms with Gasteiger partial charge in [0, 0.05) is 32.7 Å². The van der Waals surface area contributed by atoms with Crippen molar-refractivity contribution < 1.29 is 5.11 Å². The van der Waals surface area contributed by atoms with Crippen molar-refractivity contribution in [2.75, 3.05) is 32.7 Å². The van der Waals surface area contributed by atoms with Crippen LogP contribution in [-0.2, 0) is 5.60 Å². The fraction of sp³-hybridized carbons (Fsp3) is 0.571. The molecule has 0 saturated carbocycles. The smallest absolute Gasteiger partial charge is 0.0880 e. The largest absolute Gasteiger partial charge is 0.385 e. The van der Waals surface area contributed by atoms with Gasteiger partial charge in [0.1, 0.15) is 0 Å². The Hall–Kier alpha value is -0.900. The second kappa shape index (κ2) is 5.63. The molecule has 0 spiro atoms. The maximum Gasteiger partial charge on any atom is 0.0880 e. The number of rotatable bonds is 4. The van der Waals surface area contributed by atoms with Gasteiger partial charge in [0.05, 0.1) is 5.60 Å². The number of nitrogens with zero attached hydrogens (tertiary/aromatic N) is 1. The van der Waals surface area contributed by atoms with Crippen LogP contribution in [0.3, 0.4) is 0 Å². The minimum Gasteiger partial charge on any atom is -0.385 e. The summed E-state index contributed by atoms with van der Waals surface area (Å²) in [5.74, 6) is 0. The molecular weight excluding hydrogens is 212 g/mol. The normalized spacial score (nSPS) is 21.1. The lowest BCUT2D eigenvalue weighted by atomic mass is 9.92. The van der Waals surface area contributed by atoms with Crippen molar-refractivity contribution in [3.63, 3.8) is 0 Å². The molecule has 17 heavy (non-hydrogen) atoms. The van der Waals surface area contributed by atoms with E-state index in [0.29, 0.717) is 0 Å². The molecule has 0 amide bonds. The Morgan fingerprint density at radius 1 is 1.24 bits per heavy atom. The molecule has 0 radical (unpaired) electrons. The van der Waals surface area contributed by atoms with E-state index < -0.39 is 5.60 Å². The van der Waals surface area contributed by atoms with E-state index in [1.807, 2.05) is 37.3 Å². The number of aliphatic hydroxyl groups is 1. The Balaban J connectivity index is 1.88. The summed E-state index contributed by atoms with van der Waals surface area (Å²) in [7, 11) is 0. The van der Waals surface area contributed by atoms with E-state index >= 15 is 0 Å². The van der Waals surface area contributed by atoms with E-state index in [0.717, 1.165) is 44.7 Å². The van der Waals surface area contributed by atoms with E-state index in [9.17, 15) is 5.11 Å². The predicted molar refractivity (Wildman–Crippen MR) is 69.9 cm³/mol. The molecule has 1 aliphatic rings.